The maximum Gasteiger partial charge on any atom is 0.414 e. The third-order valence-electron chi connectivity index (χ3n) is 5.77. The maximum absolute atomic E-state index is 15.0. The van der Waals surface area contributed by atoms with Gasteiger partial charge in [0.15, 0.2) is 0 Å². The highest BCUT2D eigenvalue weighted by atomic mass is 19.1. The third kappa shape index (κ3) is 5.84. The van der Waals surface area contributed by atoms with Crippen LogP contribution >= 0.6 is 0 Å². The highest BCUT2D eigenvalue weighted by Crippen LogP contribution is 2.29. The summed E-state index contributed by atoms with van der Waals surface area (Å²) in [7, 11) is 0. The van der Waals surface area contributed by atoms with Gasteiger partial charge >= 0.3 is 6.09 Å². The fraction of sp³-hybridized carbons (Fsp3) is 0.231. The van der Waals surface area contributed by atoms with Crippen LogP contribution in [0.2, 0.25) is 0 Å². The predicted octanol–water partition coefficient (Wildman–Crippen LogP) is 2.67. The van der Waals surface area contributed by atoms with Crippen LogP contribution in [-0.2, 0) is 20.9 Å². The molecule has 0 bridgehead atoms. The van der Waals surface area contributed by atoms with Gasteiger partial charge in [0, 0.05) is 31.4 Å². The highest BCUT2D eigenvalue weighted by Gasteiger charge is 2.32. The number of hydrogen-bond donors (Lipinski definition) is 3. The fourth-order valence-corrected chi connectivity index (χ4v) is 3.81. The Morgan fingerprint density at radius 3 is 2.64 bits per heavy atom. The molecule has 1 aliphatic heterocycles. The van der Waals surface area contributed by atoms with Gasteiger partial charge in [0.25, 0.3) is 0 Å². The number of cyclic esters (lactones) is 1. The van der Waals surface area contributed by atoms with Gasteiger partial charge in [0.05, 0.1) is 18.8 Å². The maximum atomic E-state index is 15.0. The minimum absolute atomic E-state index is 0.195. The second-order valence-corrected chi connectivity index (χ2v) is 8.40. The fourth-order valence-electron chi connectivity index (χ4n) is 3.81. The zero-order valence-corrected chi connectivity index (χ0v) is 19.6. The van der Waals surface area contributed by atoms with E-state index in [2.05, 4.69) is 15.6 Å². The minimum Gasteiger partial charge on any atom is -0.442 e. The molecule has 1 aromatic heterocycles. The van der Waals surface area contributed by atoms with Crippen molar-refractivity contribution in [2.24, 2.45) is 5.73 Å². The van der Waals surface area contributed by atoms with E-state index in [1.54, 1.807) is 60.9 Å². The summed E-state index contributed by atoms with van der Waals surface area (Å²) in [6.07, 6.45) is 2.07. The molecule has 36 heavy (non-hydrogen) atoms. The summed E-state index contributed by atoms with van der Waals surface area (Å²) >= 11 is 0. The first-order chi connectivity index (χ1) is 17.3. The number of nitrogens with one attached hydrogen (secondary N) is 2. The van der Waals surface area contributed by atoms with Gasteiger partial charge in [0.1, 0.15) is 18.0 Å². The molecule has 4 N–H and O–H groups in total. The predicted molar refractivity (Wildman–Crippen MR) is 131 cm³/mol. The van der Waals surface area contributed by atoms with Crippen LogP contribution in [-0.4, -0.2) is 42.1 Å². The zero-order valence-electron chi connectivity index (χ0n) is 19.6. The van der Waals surface area contributed by atoms with E-state index in [9.17, 15) is 18.8 Å². The molecule has 9 nitrogen and oxygen atoms in total. The number of amides is 3. The molecule has 10 heteroatoms. The molecule has 2 atom stereocenters. The van der Waals surface area contributed by atoms with Gasteiger partial charge in [-0.3, -0.25) is 19.5 Å². The average molecular weight is 492 g/mol. The van der Waals surface area contributed by atoms with Crippen molar-refractivity contribution < 1.29 is 23.5 Å². The first-order valence-corrected chi connectivity index (χ1v) is 11.4. The zero-order chi connectivity index (χ0) is 25.7. The van der Waals surface area contributed by atoms with Crippen molar-refractivity contribution >= 4 is 23.6 Å². The summed E-state index contributed by atoms with van der Waals surface area (Å²) in [6.45, 7) is 2.05. The molecule has 0 spiro atoms. The van der Waals surface area contributed by atoms with E-state index in [0.717, 1.165) is 5.56 Å². The van der Waals surface area contributed by atoms with Crippen molar-refractivity contribution in [2.75, 3.05) is 18.0 Å². The number of carbonyl (C=O) groups excluding carboxylic acids is 3. The summed E-state index contributed by atoms with van der Waals surface area (Å²) in [4.78, 5) is 40.9. The van der Waals surface area contributed by atoms with Crippen LogP contribution in [0, 0.1) is 5.82 Å². The first-order valence-electron chi connectivity index (χ1n) is 11.4. The Morgan fingerprint density at radius 2 is 1.97 bits per heavy atom. The SMILES string of the molecule is CC(=O)NC[C@H]1CN(c2ccc(-c3ccc(CNC(=O)C(N)c4cccnc4)cc3)c(F)c2)C(=O)O1. The van der Waals surface area contributed by atoms with Gasteiger partial charge < -0.3 is 21.1 Å². The number of aromatic nitrogens is 1. The molecule has 2 aromatic carbocycles. The quantitative estimate of drug-likeness (QED) is 0.445. The molecular weight excluding hydrogens is 465 g/mol. The van der Waals surface area contributed by atoms with E-state index in [-0.39, 0.29) is 31.4 Å². The number of halogens is 1. The second-order valence-electron chi connectivity index (χ2n) is 8.40. The van der Waals surface area contributed by atoms with Crippen LogP contribution in [0.1, 0.15) is 24.1 Å². The van der Waals surface area contributed by atoms with Crippen molar-refractivity contribution in [3.63, 3.8) is 0 Å². The van der Waals surface area contributed by atoms with E-state index in [0.29, 0.717) is 22.4 Å². The van der Waals surface area contributed by atoms with Crippen molar-refractivity contribution in [1.29, 1.82) is 0 Å². The molecule has 2 heterocycles. The van der Waals surface area contributed by atoms with Gasteiger partial charge in [-0.25, -0.2) is 9.18 Å². The van der Waals surface area contributed by atoms with E-state index in [1.165, 1.54) is 17.9 Å². The number of benzene rings is 2. The Labute approximate surface area is 207 Å². The lowest BCUT2D eigenvalue weighted by Crippen LogP contribution is -2.33. The molecule has 186 valence electrons. The number of ether oxygens (including phenoxy) is 1. The standard InChI is InChI=1S/C26H26FN5O4/c1-16(33)30-14-21-15-32(26(35)36-21)20-8-9-22(23(27)11-20)18-6-4-17(5-7-18)12-31-25(34)24(28)19-3-2-10-29-13-19/h2-11,13,21,24H,12,14-15,28H2,1H3,(H,30,33)(H,31,34)/t21-,24?/m0/s1. The summed E-state index contributed by atoms with van der Waals surface area (Å²) in [6, 6.07) is 14.3. The first kappa shape index (κ1) is 24.8. The van der Waals surface area contributed by atoms with Crippen molar-refractivity contribution in [3.05, 3.63) is 83.9 Å². The largest absolute Gasteiger partial charge is 0.442 e. The average Bonchev–Trinajstić information content (AvgIpc) is 3.27. The molecule has 0 radical (unpaired) electrons. The summed E-state index contributed by atoms with van der Waals surface area (Å²) < 4.78 is 20.2. The molecule has 3 amide bonds. The van der Waals surface area contributed by atoms with Gasteiger partial charge in [-0.2, -0.15) is 0 Å². The number of nitrogens with zero attached hydrogens (tertiary/aromatic N) is 2. The molecule has 0 aliphatic carbocycles. The Balaban J connectivity index is 1.37. The Bertz CT molecular complexity index is 1250. The van der Waals surface area contributed by atoms with Gasteiger partial charge in [0.2, 0.25) is 11.8 Å². The van der Waals surface area contributed by atoms with Crippen molar-refractivity contribution in [1.82, 2.24) is 15.6 Å². The van der Waals surface area contributed by atoms with Crippen LogP contribution in [0.3, 0.4) is 0 Å². The molecule has 1 fully saturated rings. The number of hydrogen-bond acceptors (Lipinski definition) is 6. The second kappa shape index (κ2) is 11.0. The monoisotopic (exact) mass is 491 g/mol. The molecule has 1 saturated heterocycles. The third-order valence-corrected chi connectivity index (χ3v) is 5.77. The van der Waals surface area contributed by atoms with Crippen molar-refractivity contribution in [2.45, 2.75) is 25.6 Å². The Morgan fingerprint density at radius 1 is 1.19 bits per heavy atom. The molecule has 4 rings (SSSR count). The number of anilines is 1. The smallest absolute Gasteiger partial charge is 0.414 e. The lowest BCUT2D eigenvalue weighted by Gasteiger charge is -2.15. The van der Waals surface area contributed by atoms with Gasteiger partial charge in [-0.1, -0.05) is 30.3 Å². The van der Waals surface area contributed by atoms with E-state index < -0.39 is 24.1 Å². The van der Waals surface area contributed by atoms with Gasteiger partial charge in [-0.05, 0) is 41.0 Å². The number of nitrogens with two attached hydrogens (primary N) is 1. The molecule has 1 unspecified atom stereocenters. The minimum atomic E-state index is -0.820. The van der Waals surface area contributed by atoms with E-state index >= 15 is 0 Å². The Kier molecular flexibility index (Phi) is 7.55. The summed E-state index contributed by atoms with van der Waals surface area (Å²) in [5.41, 5.74) is 8.81. The van der Waals surface area contributed by atoms with Crippen LogP contribution in [0.5, 0.6) is 0 Å². The number of pyridine rings is 1. The molecule has 1 aliphatic rings. The highest BCUT2D eigenvalue weighted by molar-refractivity contribution is 5.90. The summed E-state index contributed by atoms with van der Waals surface area (Å²) in [5, 5.41) is 5.40. The van der Waals surface area contributed by atoms with Crippen LogP contribution < -0.4 is 21.3 Å². The molecular formula is C26H26FN5O4. The van der Waals surface area contributed by atoms with E-state index in [1.807, 2.05) is 0 Å². The summed E-state index contributed by atoms with van der Waals surface area (Å²) in [5.74, 6) is -1.04. The topological polar surface area (TPSA) is 127 Å². The normalized spacial score (nSPS) is 15.8. The van der Waals surface area contributed by atoms with Crippen LogP contribution in [0.15, 0.2) is 67.0 Å². The lowest BCUT2D eigenvalue weighted by molar-refractivity contribution is -0.122. The van der Waals surface area contributed by atoms with Gasteiger partial charge in [-0.15, -0.1) is 0 Å². The number of rotatable bonds is 8. The van der Waals surface area contributed by atoms with Crippen LogP contribution in [0.4, 0.5) is 14.9 Å². The van der Waals surface area contributed by atoms with Crippen LogP contribution in [0.25, 0.3) is 11.1 Å². The molecule has 3 aromatic rings. The molecule has 0 saturated carbocycles. The number of carbonyl (C=O) groups is 3. The van der Waals surface area contributed by atoms with Crippen molar-refractivity contribution in [3.8, 4) is 11.1 Å². The van der Waals surface area contributed by atoms with E-state index in [4.69, 9.17) is 10.5 Å². The Hall–Kier alpha value is -4.31. The lowest BCUT2D eigenvalue weighted by atomic mass is 10.0.